The normalized spacial score (nSPS) is 16.1. The van der Waals surface area contributed by atoms with Gasteiger partial charge in [-0.1, -0.05) is 0 Å². The molecule has 2 rings (SSSR count). The van der Waals surface area contributed by atoms with Gasteiger partial charge in [0.25, 0.3) is 0 Å². The van der Waals surface area contributed by atoms with E-state index in [0.29, 0.717) is 5.95 Å². The molecule has 4 nitrogen and oxygen atoms in total. The highest BCUT2D eigenvalue weighted by Crippen LogP contribution is 2.31. The summed E-state index contributed by atoms with van der Waals surface area (Å²) in [6, 6.07) is 0. The lowest BCUT2D eigenvalue weighted by Gasteiger charge is -2.18. The maximum absolute atomic E-state index is 5.48. The molecule has 1 aliphatic carbocycles. The smallest absolute Gasteiger partial charge is 0.233 e. The predicted molar refractivity (Wildman–Crippen MR) is 54.9 cm³/mol. The zero-order valence-corrected chi connectivity index (χ0v) is 8.55. The molecule has 0 unspecified atom stereocenters. The molecule has 0 amide bonds. The molecule has 0 atom stereocenters. The van der Waals surface area contributed by atoms with Crippen molar-refractivity contribution in [3.63, 3.8) is 0 Å². The summed E-state index contributed by atoms with van der Waals surface area (Å²) in [6.45, 7) is 4.25. The zero-order valence-electron chi connectivity index (χ0n) is 7.73. The molecule has 0 aliphatic heterocycles. The second kappa shape index (κ2) is 3.49. The topological polar surface area (TPSA) is 55.0 Å². The van der Waals surface area contributed by atoms with Crippen molar-refractivity contribution in [3.05, 3.63) is 0 Å². The first kappa shape index (κ1) is 8.74. The van der Waals surface area contributed by atoms with Crippen LogP contribution < -0.4 is 10.6 Å². The molecule has 1 aromatic heterocycles. The molecule has 1 saturated carbocycles. The zero-order chi connectivity index (χ0) is 9.26. The fourth-order valence-corrected chi connectivity index (χ4v) is 1.98. The van der Waals surface area contributed by atoms with E-state index in [1.54, 1.807) is 0 Å². The Balaban J connectivity index is 2.01. The third kappa shape index (κ3) is 2.09. The fraction of sp³-hybridized carbons (Fsp3) is 0.750. The summed E-state index contributed by atoms with van der Waals surface area (Å²) < 4.78 is 3.98. The van der Waals surface area contributed by atoms with Crippen molar-refractivity contribution in [1.29, 1.82) is 0 Å². The number of hydrogen-bond donors (Lipinski definition) is 1. The molecule has 0 spiro atoms. The summed E-state index contributed by atoms with van der Waals surface area (Å²) in [5.41, 5.74) is 5.48. The molecule has 13 heavy (non-hydrogen) atoms. The number of anilines is 2. The van der Waals surface area contributed by atoms with Crippen LogP contribution in [-0.4, -0.2) is 22.4 Å². The van der Waals surface area contributed by atoms with E-state index in [4.69, 9.17) is 5.73 Å². The Morgan fingerprint density at radius 1 is 1.62 bits per heavy atom. The van der Waals surface area contributed by atoms with Crippen LogP contribution in [0.2, 0.25) is 0 Å². The molecule has 1 fully saturated rings. The molecule has 1 heterocycles. The second-order valence-corrected chi connectivity index (χ2v) is 4.15. The minimum atomic E-state index is 0.397. The van der Waals surface area contributed by atoms with E-state index in [2.05, 4.69) is 21.2 Å². The maximum Gasteiger partial charge on any atom is 0.233 e. The molecule has 72 valence electrons. The molecular weight excluding hydrogens is 184 g/mol. The molecule has 0 bridgehead atoms. The van der Waals surface area contributed by atoms with Crippen LogP contribution in [0.15, 0.2) is 0 Å². The Morgan fingerprint density at radius 3 is 2.85 bits per heavy atom. The first-order valence-corrected chi connectivity index (χ1v) is 5.41. The summed E-state index contributed by atoms with van der Waals surface area (Å²) >= 11 is 1.39. The number of aromatic nitrogens is 2. The van der Waals surface area contributed by atoms with E-state index >= 15 is 0 Å². The average molecular weight is 198 g/mol. The molecule has 0 aromatic carbocycles. The van der Waals surface area contributed by atoms with E-state index in [9.17, 15) is 0 Å². The SMILES string of the molecule is CCN(CC1CC1)c1nc(N)ns1. The van der Waals surface area contributed by atoms with Crippen LogP contribution in [0.5, 0.6) is 0 Å². The quantitative estimate of drug-likeness (QED) is 0.793. The monoisotopic (exact) mass is 198 g/mol. The number of hydrogen-bond acceptors (Lipinski definition) is 5. The summed E-state index contributed by atoms with van der Waals surface area (Å²) in [5, 5.41) is 0.965. The van der Waals surface area contributed by atoms with Gasteiger partial charge in [-0.2, -0.15) is 9.36 Å². The molecule has 1 aromatic rings. The Bertz CT molecular complexity index is 281. The van der Waals surface area contributed by atoms with E-state index < -0.39 is 0 Å². The van der Waals surface area contributed by atoms with E-state index in [-0.39, 0.29) is 0 Å². The van der Waals surface area contributed by atoms with Crippen molar-refractivity contribution in [1.82, 2.24) is 9.36 Å². The summed E-state index contributed by atoms with van der Waals surface area (Å²) in [5.74, 6) is 1.28. The highest BCUT2D eigenvalue weighted by molar-refractivity contribution is 7.09. The lowest BCUT2D eigenvalue weighted by atomic mass is 10.4. The van der Waals surface area contributed by atoms with Crippen LogP contribution in [-0.2, 0) is 0 Å². The first-order chi connectivity index (χ1) is 6.29. The summed E-state index contributed by atoms with van der Waals surface area (Å²) in [6.07, 6.45) is 2.73. The summed E-state index contributed by atoms with van der Waals surface area (Å²) in [7, 11) is 0. The third-order valence-corrected chi connectivity index (χ3v) is 3.05. The van der Waals surface area contributed by atoms with Crippen molar-refractivity contribution >= 4 is 22.6 Å². The summed E-state index contributed by atoms with van der Waals surface area (Å²) in [4.78, 5) is 6.43. The van der Waals surface area contributed by atoms with Crippen molar-refractivity contribution in [2.45, 2.75) is 19.8 Å². The minimum absolute atomic E-state index is 0.397. The van der Waals surface area contributed by atoms with Gasteiger partial charge in [0.2, 0.25) is 11.1 Å². The van der Waals surface area contributed by atoms with Crippen LogP contribution in [0.4, 0.5) is 11.1 Å². The van der Waals surface area contributed by atoms with Gasteiger partial charge in [0, 0.05) is 24.6 Å². The van der Waals surface area contributed by atoms with Crippen LogP contribution >= 0.6 is 11.5 Å². The first-order valence-electron chi connectivity index (χ1n) is 4.63. The van der Waals surface area contributed by atoms with Crippen molar-refractivity contribution in [2.75, 3.05) is 23.7 Å². The number of nitrogens with zero attached hydrogens (tertiary/aromatic N) is 3. The largest absolute Gasteiger partial charge is 0.367 e. The highest BCUT2D eigenvalue weighted by atomic mass is 32.1. The lowest BCUT2D eigenvalue weighted by Crippen LogP contribution is -2.24. The van der Waals surface area contributed by atoms with Gasteiger partial charge in [-0.15, -0.1) is 0 Å². The van der Waals surface area contributed by atoms with E-state index in [0.717, 1.165) is 24.1 Å². The van der Waals surface area contributed by atoms with Crippen LogP contribution in [0.3, 0.4) is 0 Å². The van der Waals surface area contributed by atoms with Gasteiger partial charge in [-0.05, 0) is 25.7 Å². The standard InChI is InChI=1S/C8H14N4S/c1-2-12(5-6-3-4-6)8-10-7(9)11-13-8/h6H,2-5H2,1H3,(H2,9,11). The maximum atomic E-state index is 5.48. The van der Waals surface area contributed by atoms with Gasteiger partial charge >= 0.3 is 0 Å². The molecule has 5 heteroatoms. The van der Waals surface area contributed by atoms with Gasteiger partial charge in [-0.3, -0.25) is 0 Å². The van der Waals surface area contributed by atoms with Crippen LogP contribution in [0.1, 0.15) is 19.8 Å². The molecule has 1 aliphatic rings. The van der Waals surface area contributed by atoms with E-state index in [1.807, 2.05) is 0 Å². The van der Waals surface area contributed by atoms with Gasteiger partial charge in [-0.25, -0.2) is 0 Å². The van der Waals surface area contributed by atoms with Crippen molar-refractivity contribution in [2.24, 2.45) is 5.92 Å². The fourth-order valence-electron chi connectivity index (χ4n) is 1.31. The molecule has 0 saturated heterocycles. The second-order valence-electron chi connectivity index (χ2n) is 3.42. The Morgan fingerprint density at radius 2 is 2.38 bits per heavy atom. The number of nitrogens with two attached hydrogens (primary N) is 1. The lowest BCUT2D eigenvalue weighted by molar-refractivity contribution is 0.739. The molecule has 0 radical (unpaired) electrons. The third-order valence-electron chi connectivity index (χ3n) is 2.26. The van der Waals surface area contributed by atoms with Gasteiger partial charge < -0.3 is 10.6 Å². The molecular formula is C8H14N4S. The van der Waals surface area contributed by atoms with Gasteiger partial charge in [0.1, 0.15) is 0 Å². The Labute approximate surface area is 81.9 Å². The molecule has 2 N–H and O–H groups in total. The van der Waals surface area contributed by atoms with Crippen LogP contribution in [0, 0.1) is 5.92 Å². The number of rotatable bonds is 4. The van der Waals surface area contributed by atoms with Gasteiger partial charge in [0.15, 0.2) is 0 Å². The Kier molecular flexibility index (Phi) is 2.35. The van der Waals surface area contributed by atoms with Crippen molar-refractivity contribution in [3.8, 4) is 0 Å². The van der Waals surface area contributed by atoms with Crippen molar-refractivity contribution < 1.29 is 0 Å². The highest BCUT2D eigenvalue weighted by Gasteiger charge is 2.24. The number of nitrogen functional groups attached to an aromatic ring is 1. The predicted octanol–water partition coefficient (Wildman–Crippen LogP) is 1.36. The Hall–Kier alpha value is -0.840. The van der Waals surface area contributed by atoms with Crippen LogP contribution in [0.25, 0.3) is 0 Å². The van der Waals surface area contributed by atoms with Gasteiger partial charge in [0.05, 0.1) is 0 Å². The minimum Gasteiger partial charge on any atom is -0.367 e. The van der Waals surface area contributed by atoms with E-state index in [1.165, 1.54) is 24.4 Å². The average Bonchev–Trinajstić information content (AvgIpc) is 2.84.